The van der Waals surface area contributed by atoms with Gasteiger partial charge in [0.2, 0.25) is 0 Å². The van der Waals surface area contributed by atoms with Crippen LogP contribution >= 0.6 is 0 Å². The van der Waals surface area contributed by atoms with Gasteiger partial charge in [0.05, 0.1) is 12.6 Å². The van der Waals surface area contributed by atoms with Crippen molar-refractivity contribution in [3.63, 3.8) is 0 Å². The molecule has 0 radical (unpaired) electrons. The van der Waals surface area contributed by atoms with Gasteiger partial charge >= 0.3 is 5.69 Å². The van der Waals surface area contributed by atoms with Gasteiger partial charge in [0.25, 0.3) is 0 Å². The minimum atomic E-state index is -0.277. The summed E-state index contributed by atoms with van der Waals surface area (Å²) in [7, 11) is 1.57. The topological polar surface area (TPSA) is 85.8 Å². The number of ether oxygens (including phenoxy) is 1. The van der Waals surface area contributed by atoms with Crippen LogP contribution in [0.4, 0.5) is 0 Å². The molecule has 1 aliphatic carbocycles. The number of nitrogens with one attached hydrogen (secondary N) is 1. The van der Waals surface area contributed by atoms with Gasteiger partial charge in [-0.3, -0.25) is 0 Å². The molecule has 1 aromatic heterocycles. The second-order valence-corrected chi connectivity index (χ2v) is 5.60. The Balaban J connectivity index is 1.96. The SMILES string of the molecule is C=C(C1=CCC(=N)CC1n1nnn(C)c1=O)C1CCOC1. The van der Waals surface area contributed by atoms with Gasteiger partial charge in [-0.25, -0.2) is 4.79 Å². The summed E-state index contributed by atoms with van der Waals surface area (Å²) in [5.74, 6) is 0.290. The normalized spacial score (nSPS) is 26.0. The molecule has 0 amide bonds. The molecule has 1 fully saturated rings. The van der Waals surface area contributed by atoms with Crippen molar-refractivity contribution in [2.75, 3.05) is 13.2 Å². The summed E-state index contributed by atoms with van der Waals surface area (Å²) < 4.78 is 8.00. The van der Waals surface area contributed by atoms with E-state index in [9.17, 15) is 4.79 Å². The molecule has 1 saturated heterocycles. The number of hydrogen-bond donors (Lipinski definition) is 1. The van der Waals surface area contributed by atoms with Crippen LogP contribution in [0.25, 0.3) is 0 Å². The number of aryl methyl sites for hydroxylation is 1. The second-order valence-electron chi connectivity index (χ2n) is 5.60. The third-order valence-corrected chi connectivity index (χ3v) is 4.20. The predicted octanol–water partition coefficient (Wildman–Crippen LogP) is 0.851. The standard InChI is InChI=1S/C14H19N5O2/c1-9(10-5-6-21-8-10)12-4-3-11(15)7-13(12)19-14(20)18(2)16-17-19/h4,10,13,15H,1,3,5-8H2,2H3. The first-order valence-corrected chi connectivity index (χ1v) is 7.09. The van der Waals surface area contributed by atoms with Crippen molar-refractivity contribution in [1.82, 2.24) is 19.8 Å². The minimum absolute atomic E-state index is 0.268. The molecule has 112 valence electrons. The highest BCUT2D eigenvalue weighted by molar-refractivity contribution is 5.85. The highest BCUT2D eigenvalue weighted by atomic mass is 16.5. The van der Waals surface area contributed by atoms with E-state index in [4.69, 9.17) is 10.1 Å². The fourth-order valence-corrected chi connectivity index (χ4v) is 2.93. The summed E-state index contributed by atoms with van der Waals surface area (Å²) in [5, 5.41) is 15.6. The van der Waals surface area contributed by atoms with Gasteiger partial charge in [0, 0.05) is 38.1 Å². The maximum absolute atomic E-state index is 12.1. The van der Waals surface area contributed by atoms with Gasteiger partial charge in [0.1, 0.15) is 0 Å². The zero-order chi connectivity index (χ0) is 15.0. The van der Waals surface area contributed by atoms with Gasteiger partial charge in [-0.15, -0.1) is 0 Å². The number of hydrogen-bond acceptors (Lipinski definition) is 5. The Morgan fingerprint density at radius 1 is 1.52 bits per heavy atom. The lowest BCUT2D eigenvalue weighted by molar-refractivity contribution is 0.190. The van der Waals surface area contributed by atoms with Crippen LogP contribution in [0.5, 0.6) is 0 Å². The van der Waals surface area contributed by atoms with Crippen LogP contribution < -0.4 is 5.69 Å². The van der Waals surface area contributed by atoms with Gasteiger partial charge in [0.15, 0.2) is 0 Å². The Labute approximate surface area is 122 Å². The van der Waals surface area contributed by atoms with E-state index >= 15 is 0 Å². The first-order chi connectivity index (χ1) is 10.1. The molecular weight excluding hydrogens is 270 g/mol. The van der Waals surface area contributed by atoms with Crippen molar-refractivity contribution in [1.29, 1.82) is 5.41 Å². The lowest BCUT2D eigenvalue weighted by Crippen LogP contribution is -2.32. The van der Waals surface area contributed by atoms with E-state index in [0.29, 0.717) is 31.1 Å². The number of tetrazole rings is 1. The molecule has 0 saturated carbocycles. The molecule has 2 aliphatic rings. The number of allylic oxidation sites excluding steroid dienone is 2. The van der Waals surface area contributed by atoms with E-state index in [1.165, 1.54) is 9.36 Å². The Kier molecular flexibility index (Phi) is 3.59. The fourth-order valence-electron chi connectivity index (χ4n) is 2.93. The van der Waals surface area contributed by atoms with Gasteiger partial charge in [-0.2, -0.15) is 9.36 Å². The van der Waals surface area contributed by atoms with Crippen LogP contribution in [0.1, 0.15) is 25.3 Å². The van der Waals surface area contributed by atoms with Crippen molar-refractivity contribution < 1.29 is 4.74 Å². The smallest absolute Gasteiger partial charge is 0.363 e. The summed E-state index contributed by atoms with van der Waals surface area (Å²) in [4.78, 5) is 12.1. The molecule has 3 rings (SSSR count). The molecule has 1 N–H and O–H groups in total. The molecule has 7 nitrogen and oxygen atoms in total. The molecule has 1 aliphatic heterocycles. The maximum atomic E-state index is 12.1. The number of aromatic nitrogens is 4. The van der Waals surface area contributed by atoms with Gasteiger partial charge < -0.3 is 10.1 Å². The van der Waals surface area contributed by atoms with Crippen LogP contribution in [0.2, 0.25) is 0 Å². The summed E-state index contributed by atoms with van der Waals surface area (Å²) in [5.41, 5.74) is 2.33. The summed E-state index contributed by atoms with van der Waals surface area (Å²) in [6, 6.07) is -0.277. The first kappa shape index (κ1) is 13.9. The van der Waals surface area contributed by atoms with E-state index in [1.807, 2.05) is 6.08 Å². The molecule has 7 heteroatoms. The average molecular weight is 289 g/mol. The Morgan fingerprint density at radius 2 is 2.33 bits per heavy atom. The van der Waals surface area contributed by atoms with Gasteiger partial charge in [-0.1, -0.05) is 12.7 Å². The molecule has 0 bridgehead atoms. The van der Waals surface area contributed by atoms with Gasteiger partial charge in [-0.05, 0) is 28.0 Å². The summed E-state index contributed by atoms with van der Waals surface area (Å²) >= 11 is 0. The van der Waals surface area contributed by atoms with E-state index in [2.05, 4.69) is 17.0 Å². The monoisotopic (exact) mass is 289 g/mol. The van der Waals surface area contributed by atoms with Crippen LogP contribution in [-0.4, -0.2) is 38.7 Å². The van der Waals surface area contributed by atoms with Crippen molar-refractivity contribution in [2.24, 2.45) is 13.0 Å². The Morgan fingerprint density at radius 3 is 2.95 bits per heavy atom. The molecule has 0 aromatic carbocycles. The van der Waals surface area contributed by atoms with Crippen molar-refractivity contribution in [2.45, 2.75) is 25.3 Å². The molecule has 1 aromatic rings. The molecule has 21 heavy (non-hydrogen) atoms. The second kappa shape index (κ2) is 5.40. The molecule has 2 atom stereocenters. The minimum Gasteiger partial charge on any atom is -0.381 e. The third-order valence-electron chi connectivity index (χ3n) is 4.20. The average Bonchev–Trinajstić information content (AvgIpc) is 3.10. The van der Waals surface area contributed by atoms with Crippen LogP contribution in [0.15, 0.2) is 28.6 Å². The van der Waals surface area contributed by atoms with Crippen molar-refractivity contribution in [3.8, 4) is 0 Å². The van der Waals surface area contributed by atoms with Crippen LogP contribution in [-0.2, 0) is 11.8 Å². The number of nitrogens with zero attached hydrogens (tertiary/aromatic N) is 4. The third kappa shape index (κ3) is 2.49. The highest BCUT2D eigenvalue weighted by Crippen LogP contribution is 2.36. The van der Waals surface area contributed by atoms with Crippen LogP contribution in [0, 0.1) is 11.3 Å². The quantitative estimate of drug-likeness (QED) is 0.894. The lowest BCUT2D eigenvalue weighted by atomic mass is 9.83. The van der Waals surface area contributed by atoms with E-state index < -0.39 is 0 Å². The highest BCUT2D eigenvalue weighted by Gasteiger charge is 2.31. The number of rotatable bonds is 3. The largest absolute Gasteiger partial charge is 0.381 e. The molecule has 2 heterocycles. The van der Waals surface area contributed by atoms with E-state index in [-0.39, 0.29) is 11.7 Å². The Hall–Kier alpha value is -2.02. The summed E-state index contributed by atoms with van der Waals surface area (Å²) in [6.45, 7) is 5.64. The first-order valence-electron chi connectivity index (χ1n) is 7.09. The predicted molar refractivity (Wildman–Crippen MR) is 77.4 cm³/mol. The lowest BCUT2D eigenvalue weighted by Gasteiger charge is -2.27. The van der Waals surface area contributed by atoms with E-state index in [1.54, 1.807) is 7.05 Å². The zero-order valence-electron chi connectivity index (χ0n) is 12.1. The molecule has 2 unspecified atom stereocenters. The summed E-state index contributed by atoms with van der Waals surface area (Å²) in [6.07, 6.45) is 4.04. The zero-order valence-corrected chi connectivity index (χ0v) is 12.1. The maximum Gasteiger partial charge on any atom is 0.363 e. The van der Waals surface area contributed by atoms with Crippen molar-refractivity contribution in [3.05, 3.63) is 34.3 Å². The fraction of sp³-hybridized carbons (Fsp3) is 0.571. The van der Waals surface area contributed by atoms with E-state index in [0.717, 1.165) is 24.2 Å². The van der Waals surface area contributed by atoms with Crippen LogP contribution in [0.3, 0.4) is 0 Å². The molecular formula is C14H19N5O2. The molecule has 0 spiro atoms. The van der Waals surface area contributed by atoms with Crippen molar-refractivity contribution >= 4 is 5.71 Å². The Bertz CT molecular complexity index is 663.